The average Bonchev–Trinajstić information content (AvgIpc) is 2.41. The molecule has 1 aromatic carbocycles. The van der Waals surface area contributed by atoms with Crippen molar-refractivity contribution in [1.29, 1.82) is 0 Å². The molecule has 0 unspecified atom stereocenters. The van der Waals surface area contributed by atoms with Gasteiger partial charge in [-0.05, 0) is 36.8 Å². The van der Waals surface area contributed by atoms with E-state index in [1.165, 1.54) is 17.1 Å². The van der Waals surface area contributed by atoms with Crippen LogP contribution in [0.15, 0.2) is 36.4 Å². The van der Waals surface area contributed by atoms with E-state index in [4.69, 9.17) is 12.2 Å². The molecule has 21 heavy (non-hydrogen) atoms. The zero-order chi connectivity index (χ0) is 15.6. The summed E-state index contributed by atoms with van der Waals surface area (Å²) in [5, 5.41) is 12.4. The average molecular weight is 302 g/mol. The molecule has 1 fully saturated rings. The second kappa shape index (κ2) is 5.88. The second-order valence-corrected chi connectivity index (χ2v) is 4.97. The first kappa shape index (κ1) is 14.9. The van der Waals surface area contributed by atoms with Gasteiger partial charge in [0.05, 0.1) is 0 Å². The van der Waals surface area contributed by atoms with E-state index in [0.717, 1.165) is 5.56 Å². The number of rotatable bonds is 3. The lowest BCUT2D eigenvalue weighted by atomic mass is 10.1. The Balaban J connectivity index is 2.42. The number of amides is 2. The topological polar surface area (TPSA) is 69.6 Å². The monoisotopic (exact) mass is 302 g/mol. The first-order chi connectivity index (χ1) is 9.93. The number of hydrogen-bond donors (Lipinski definition) is 2. The molecule has 2 amide bonds. The smallest absolute Gasteiger partial charge is 0.265 e. The molecule has 108 valence electrons. The highest BCUT2D eigenvalue weighted by atomic mass is 32.1. The summed E-state index contributed by atoms with van der Waals surface area (Å²) in [7, 11) is 0. The van der Waals surface area contributed by atoms with Crippen LogP contribution in [-0.2, 0) is 9.59 Å². The van der Waals surface area contributed by atoms with Crippen molar-refractivity contribution >= 4 is 35.2 Å². The summed E-state index contributed by atoms with van der Waals surface area (Å²) in [6.45, 7) is 5.59. The lowest BCUT2D eigenvalue weighted by molar-refractivity contribution is -0.128. The maximum absolute atomic E-state index is 12.3. The third kappa shape index (κ3) is 3.00. The van der Waals surface area contributed by atoms with Crippen LogP contribution in [0.3, 0.4) is 0 Å². The van der Waals surface area contributed by atoms with Crippen molar-refractivity contribution in [2.45, 2.75) is 6.92 Å². The number of thiocarbonyl (C=S) groups is 1. The van der Waals surface area contributed by atoms with Crippen LogP contribution in [0.25, 0.3) is 6.08 Å². The van der Waals surface area contributed by atoms with E-state index < -0.39 is 11.8 Å². The van der Waals surface area contributed by atoms with Gasteiger partial charge < -0.3 is 5.11 Å². The van der Waals surface area contributed by atoms with E-state index in [-0.39, 0.29) is 23.0 Å². The maximum atomic E-state index is 12.3. The summed E-state index contributed by atoms with van der Waals surface area (Å²) in [5.41, 5.74) is 1.19. The van der Waals surface area contributed by atoms with Crippen LogP contribution in [0.2, 0.25) is 0 Å². The van der Waals surface area contributed by atoms with Crippen LogP contribution in [0.5, 0.6) is 5.75 Å². The third-order valence-electron chi connectivity index (χ3n) is 2.98. The number of aryl methyl sites for hydroxylation is 1. The van der Waals surface area contributed by atoms with Crippen LogP contribution in [0, 0.1) is 6.92 Å². The van der Waals surface area contributed by atoms with E-state index in [1.807, 2.05) is 6.92 Å². The highest BCUT2D eigenvalue weighted by Crippen LogP contribution is 2.23. The first-order valence-electron chi connectivity index (χ1n) is 6.23. The van der Waals surface area contributed by atoms with Crippen molar-refractivity contribution < 1.29 is 14.7 Å². The molecule has 1 aromatic rings. The molecular formula is C15H14N2O3S. The van der Waals surface area contributed by atoms with Gasteiger partial charge in [-0.2, -0.15) is 0 Å². The van der Waals surface area contributed by atoms with Crippen molar-refractivity contribution in [3.05, 3.63) is 47.6 Å². The number of nitrogens with zero attached hydrogens (tertiary/aromatic N) is 1. The van der Waals surface area contributed by atoms with Crippen LogP contribution in [-0.4, -0.2) is 33.5 Å². The van der Waals surface area contributed by atoms with Crippen molar-refractivity contribution in [1.82, 2.24) is 10.2 Å². The van der Waals surface area contributed by atoms with Crippen molar-refractivity contribution in [2.24, 2.45) is 0 Å². The predicted molar refractivity (Wildman–Crippen MR) is 83.5 cm³/mol. The maximum Gasteiger partial charge on any atom is 0.265 e. The van der Waals surface area contributed by atoms with E-state index in [9.17, 15) is 14.7 Å². The third-order valence-corrected chi connectivity index (χ3v) is 3.31. The number of carbonyl (C=O) groups is 2. The summed E-state index contributed by atoms with van der Waals surface area (Å²) < 4.78 is 0. The minimum atomic E-state index is -0.578. The van der Waals surface area contributed by atoms with Crippen LogP contribution >= 0.6 is 12.2 Å². The Hall–Kier alpha value is -2.47. The molecule has 6 heteroatoms. The number of aromatic hydroxyl groups is 1. The molecule has 1 saturated heterocycles. The molecule has 0 spiro atoms. The highest BCUT2D eigenvalue weighted by Gasteiger charge is 2.32. The Labute approximate surface area is 127 Å². The summed E-state index contributed by atoms with van der Waals surface area (Å²) in [4.78, 5) is 25.5. The molecule has 2 rings (SSSR count). The number of nitrogens with one attached hydrogen (secondary N) is 1. The number of phenols is 1. The molecule has 0 saturated carbocycles. The van der Waals surface area contributed by atoms with Gasteiger partial charge in [0.2, 0.25) is 0 Å². The number of hydrogen-bond acceptors (Lipinski definition) is 4. The zero-order valence-corrected chi connectivity index (χ0v) is 12.2. The first-order valence-corrected chi connectivity index (χ1v) is 6.64. The SMILES string of the molecule is C=CCN1C(=O)/C(=C/c2ccc(C)cc2O)C(=O)NC1=S. The van der Waals surface area contributed by atoms with Crippen molar-refractivity contribution in [2.75, 3.05) is 6.54 Å². The zero-order valence-electron chi connectivity index (χ0n) is 11.4. The molecular weight excluding hydrogens is 288 g/mol. The molecule has 0 bridgehead atoms. The van der Waals surface area contributed by atoms with Gasteiger partial charge in [0, 0.05) is 12.1 Å². The largest absolute Gasteiger partial charge is 0.507 e. The predicted octanol–water partition coefficient (Wildman–Crippen LogP) is 1.51. The quantitative estimate of drug-likeness (QED) is 0.384. The Morgan fingerprint density at radius 2 is 2.14 bits per heavy atom. The molecule has 0 aliphatic carbocycles. The molecule has 1 aliphatic rings. The molecule has 5 nitrogen and oxygen atoms in total. The standard InChI is InChI=1S/C15H14N2O3S/c1-3-6-17-14(20)11(13(19)16-15(17)21)8-10-5-4-9(2)7-12(10)18/h3-5,7-8,18H,1,6H2,2H3,(H,16,19,21)/b11-8+. The lowest BCUT2D eigenvalue weighted by Crippen LogP contribution is -2.53. The Kier molecular flexibility index (Phi) is 4.18. The summed E-state index contributed by atoms with van der Waals surface area (Å²) in [6.07, 6.45) is 2.87. The van der Waals surface area contributed by atoms with E-state index in [2.05, 4.69) is 11.9 Å². The van der Waals surface area contributed by atoms with Gasteiger partial charge in [0.15, 0.2) is 5.11 Å². The molecule has 2 N–H and O–H groups in total. The van der Waals surface area contributed by atoms with Crippen molar-refractivity contribution in [3.63, 3.8) is 0 Å². The number of carbonyl (C=O) groups excluding carboxylic acids is 2. The van der Waals surface area contributed by atoms with Crippen LogP contribution < -0.4 is 5.32 Å². The normalized spacial score (nSPS) is 17.1. The molecule has 1 heterocycles. The number of benzene rings is 1. The van der Waals surface area contributed by atoms with Gasteiger partial charge in [0.1, 0.15) is 11.3 Å². The Morgan fingerprint density at radius 1 is 1.43 bits per heavy atom. The fourth-order valence-corrected chi connectivity index (χ4v) is 2.17. The van der Waals surface area contributed by atoms with Crippen molar-refractivity contribution in [3.8, 4) is 5.75 Å². The van der Waals surface area contributed by atoms with E-state index in [0.29, 0.717) is 5.56 Å². The van der Waals surface area contributed by atoms with E-state index in [1.54, 1.807) is 18.2 Å². The van der Waals surface area contributed by atoms with E-state index >= 15 is 0 Å². The summed E-state index contributed by atoms with van der Waals surface area (Å²) in [6, 6.07) is 4.98. The van der Waals surface area contributed by atoms with Gasteiger partial charge in [-0.25, -0.2) is 0 Å². The number of phenolic OH excluding ortho intramolecular Hbond substituents is 1. The molecule has 0 radical (unpaired) electrons. The van der Waals surface area contributed by atoms with Crippen LogP contribution in [0.1, 0.15) is 11.1 Å². The van der Waals surface area contributed by atoms with Gasteiger partial charge in [0.25, 0.3) is 11.8 Å². The molecule has 1 aliphatic heterocycles. The summed E-state index contributed by atoms with van der Waals surface area (Å²) >= 11 is 4.96. The second-order valence-electron chi connectivity index (χ2n) is 4.58. The Bertz CT molecular complexity index is 679. The van der Waals surface area contributed by atoms with Gasteiger partial charge in [-0.15, -0.1) is 6.58 Å². The van der Waals surface area contributed by atoms with Gasteiger partial charge >= 0.3 is 0 Å². The van der Waals surface area contributed by atoms with Crippen LogP contribution in [0.4, 0.5) is 0 Å². The Morgan fingerprint density at radius 3 is 2.76 bits per heavy atom. The van der Waals surface area contributed by atoms with Gasteiger partial charge in [-0.3, -0.25) is 19.8 Å². The highest BCUT2D eigenvalue weighted by molar-refractivity contribution is 7.80. The minimum absolute atomic E-state index is 0.00604. The molecule has 0 aromatic heterocycles. The fourth-order valence-electron chi connectivity index (χ4n) is 1.92. The summed E-state index contributed by atoms with van der Waals surface area (Å²) in [5.74, 6) is -1.08. The lowest BCUT2D eigenvalue weighted by Gasteiger charge is -2.27. The fraction of sp³-hybridized carbons (Fsp3) is 0.133. The minimum Gasteiger partial charge on any atom is -0.507 e. The van der Waals surface area contributed by atoms with Gasteiger partial charge in [-0.1, -0.05) is 18.2 Å². The molecule has 0 atom stereocenters.